The smallest absolute Gasteiger partial charge is 0.145 e. The molecular formula is C9H8BrCl2N3. The van der Waals surface area contributed by atoms with Gasteiger partial charge < -0.3 is 5.73 Å². The number of nitrogen functional groups attached to an aromatic ring is 1. The molecule has 0 spiro atoms. The lowest BCUT2D eigenvalue weighted by atomic mass is 10.1. The highest BCUT2D eigenvalue weighted by Gasteiger charge is 2.06. The molecule has 0 aliphatic rings. The Morgan fingerprint density at radius 1 is 1.33 bits per heavy atom. The maximum atomic E-state index is 5.89. The van der Waals surface area contributed by atoms with Gasteiger partial charge in [0.2, 0.25) is 0 Å². The van der Waals surface area contributed by atoms with Gasteiger partial charge in [-0.05, 0) is 18.2 Å². The summed E-state index contributed by atoms with van der Waals surface area (Å²) in [5.41, 5.74) is 7.30. The fraction of sp³-hybridized carbons (Fsp3) is 0. The van der Waals surface area contributed by atoms with Crippen LogP contribution < -0.4 is 5.73 Å². The molecule has 0 bridgehead atoms. The average molecular weight is 309 g/mol. The van der Waals surface area contributed by atoms with Crippen molar-refractivity contribution in [1.82, 2.24) is 10.2 Å². The fourth-order valence-corrected chi connectivity index (χ4v) is 1.81. The van der Waals surface area contributed by atoms with Crippen LogP contribution in [-0.4, -0.2) is 10.2 Å². The predicted octanol–water partition coefficient (Wildman–Crippen LogP) is 3.50. The molecule has 0 atom stereocenters. The Morgan fingerprint density at radius 2 is 2.07 bits per heavy atom. The zero-order valence-corrected chi connectivity index (χ0v) is 10.7. The van der Waals surface area contributed by atoms with Gasteiger partial charge in [-0.3, -0.25) is 5.10 Å². The highest BCUT2D eigenvalue weighted by Crippen LogP contribution is 2.30. The first kappa shape index (κ1) is 12.4. The van der Waals surface area contributed by atoms with Crippen LogP contribution >= 0.6 is 39.9 Å². The zero-order valence-electron chi connectivity index (χ0n) is 7.50. The molecule has 1 heterocycles. The molecule has 15 heavy (non-hydrogen) atoms. The summed E-state index contributed by atoms with van der Waals surface area (Å²) in [4.78, 5) is 0. The number of hydrogen-bond acceptors (Lipinski definition) is 2. The first-order chi connectivity index (χ1) is 6.66. The van der Waals surface area contributed by atoms with E-state index in [1.165, 1.54) is 0 Å². The quantitative estimate of drug-likeness (QED) is 0.847. The van der Waals surface area contributed by atoms with Gasteiger partial charge in [0.05, 0.1) is 5.69 Å². The number of rotatable bonds is 1. The molecule has 0 aliphatic heterocycles. The fourth-order valence-electron chi connectivity index (χ4n) is 1.18. The molecule has 3 nitrogen and oxygen atoms in total. The van der Waals surface area contributed by atoms with E-state index in [1.54, 1.807) is 6.07 Å². The van der Waals surface area contributed by atoms with Crippen LogP contribution in [0.25, 0.3) is 11.3 Å². The Bertz CT molecular complexity index is 470. The molecule has 2 rings (SSSR count). The highest BCUT2D eigenvalue weighted by atomic mass is 79.9. The summed E-state index contributed by atoms with van der Waals surface area (Å²) in [5.74, 6) is 0.465. The van der Waals surface area contributed by atoms with E-state index in [0.717, 1.165) is 15.7 Å². The Balaban J connectivity index is 0.00000112. The number of halogens is 3. The topological polar surface area (TPSA) is 54.7 Å². The number of aromatic amines is 1. The Hall–Kier alpha value is -0.710. The average Bonchev–Trinajstić information content (AvgIpc) is 2.56. The molecule has 2 aromatic rings. The van der Waals surface area contributed by atoms with E-state index < -0.39 is 0 Å². The number of benzene rings is 1. The summed E-state index contributed by atoms with van der Waals surface area (Å²) in [6.45, 7) is 0. The van der Waals surface area contributed by atoms with Crippen molar-refractivity contribution in [2.24, 2.45) is 0 Å². The molecule has 0 saturated carbocycles. The second-order valence-corrected chi connectivity index (χ2v) is 4.12. The normalized spacial score (nSPS) is 9.73. The van der Waals surface area contributed by atoms with Crippen LogP contribution in [0.3, 0.4) is 0 Å². The molecular weight excluding hydrogens is 301 g/mol. The van der Waals surface area contributed by atoms with E-state index in [4.69, 9.17) is 17.3 Å². The number of hydrogen-bond donors (Lipinski definition) is 2. The first-order valence-corrected chi connectivity index (χ1v) is 5.10. The summed E-state index contributed by atoms with van der Waals surface area (Å²) in [6, 6.07) is 7.30. The van der Waals surface area contributed by atoms with E-state index in [0.29, 0.717) is 10.8 Å². The van der Waals surface area contributed by atoms with E-state index >= 15 is 0 Å². The van der Waals surface area contributed by atoms with E-state index in [1.807, 2.05) is 18.2 Å². The standard InChI is InChI=1S/C9H7BrClN3.ClH/c10-7-2-1-5(11)3-6(7)8-4-9(12)14-13-8;/h1-4H,(H3,12,13,14);1H. The zero-order chi connectivity index (χ0) is 10.1. The molecule has 1 aromatic carbocycles. The van der Waals surface area contributed by atoms with Gasteiger partial charge in [-0.15, -0.1) is 12.4 Å². The lowest BCUT2D eigenvalue weighted by molar-refractivity contribution is 1.10. The lowest BCUT2D eigenvalue weighted by Gasteiger charge is -2.01. The van der Waals surface area contributed by atoms with Crippen molar-refractivity contribution in [2.45, 2.75) is 0 Å². The number of anilines is 1. The van der Waals surface area contributed by atoms with Gasteiger partial charge in [-0.1, -0.05) is 27.5 Å². The van der Waals surface area contributed by atoms with Crippen molar-refractivity contribution in [3.05, 3.63) is 33.8 Å². The SMILES string of the molecule is Cl.Nc1cc(-c2cc(Cl)ccc2Br)[nH]n1. The molecule has 80 valence electrons. The third-order valence-corrected chi connectivity index (χ3v) is 2.74. The minimum absolute atomic E-state index is 0. The molecule has 0 unspecified atom stereocenters. The van der Waals surface area contributed by atoms with Gasteiger partial charge in [0.15, 0.2) is 0 Å². The van der Waals surface area contributed by atoms with Crippen LogP contribution in [0.5, 0.6) is 0 Å². The van der Waals surface area contributed by atoms with Gasteiger partial charge >= 0.3 is 0 Å². The minimum atomic E-state index is 0. The monoisotopic (exact) mass is 307 g/mol. The Morgan fingerprint density at radius 3 is 2.67 bits per heavy atom. The predicted molar refractivity (Wildman–Crippen MR) is 68.4 cm³/mol. The highest BCUT2D eigenvalue weighted by molar-refractivity contribution is 9.10. The van der Waals surface area contributed by atoms with Crippen LogP contribution in [0.4, 0.5) is 5.82 Å². The number of nitrogens with two attached hydrogens (primary N) is 1. The van der Waals surface area contributed by atoms with Crippen LogP contribution in [-0.2, 0) is 0 Å². The summed E-state index contributed by atoms with van der Waals surface area (Å²) in [5, 5.41) is 7.36. The molecule has 0 fully saturated rings. The van der Waals surface area contributed by atoms with Gasteiger partial charge in [-0.25, -0.2) is 0 Å². The number of aromatic nitrogens is 2. The van der Waals surface area contributed by atoms with Crippen molar-refractivity contribution >= 4 is 45.8 Å². The van der Waals surface area contributed by atoms with Crippen molar-refractivity contribution < 1.29 is 0 Å². The van der Waals surface area contributed by atoms with Crippen molar-refractivity contribution in [1.29, 1.82) is 0 Å². The van der Waals surface area contributed by atoms with Crippen LogP contribution in [0.1, 0.15) is 0 Å². The molecule has 0 saturated heterocycles. The second kappa shape index (κ2) is 4.88. The summed E-state index contributed by atoms with van der Waals surface area (Å²) in [6.07, 6.45) is 0. The van der Waals surface area contributed by atoms with Gasteiger partial charge in [-0.2, -0.15) is 5.10 Å². The molecule has 0 aliphatic carbocycles. The number of H-pyrrole nitrogens is 1. The third-order valence-electron chi connectivity index (χ3n) is 1.82. The summed E-state index contributed by atoms with van der Waals surface area (Å²) < 4.78 is 0.950. The van der Waals surface area contributed by atoms with Gasteiger partial charge in [0.1, 0.15) is 5.82 Å². The second-order valence-electron chi connectivity index (χ2n) is 2.83. The van der Waals surface area contributed by atoms with Crippen LogP contribution in [0, 0.1) is 0 Å². The summed E-state index contributed by atoms with van der Waals surface area (Å²) in [7, 11) is 0. The number of nitrogens with zero attached hydrogens (tertiary/aromatic N) is 1. The van der Waals surface area contributed by atoms with Crippen LogP contribution in [0.15, 0.2) is 28.7 Å². The van der Waals surface area contributed by atoms with Crippen LogP contribution in [0.2, 0.25) is 5.02 Å². The maximum absolute atomic E-state index is 5.89. The molecule has 0 amide bonds. The minimum Gasteiger partial charge on any atom is -0.382 e. The molecule has 0 radical (unpaired) electrons. The van der Waals surface area contributed by atoms with Crippen molar-refractivity contribution in [3.63, 3.8) is 0 Å². The number of nitrogens with one attached hydrogen (secondary N) is 1. The summed E-state index contributed by atoms with van der Waals surface area (Å²) >= 11 is 9.32. The van der Waals surface area contributed by atoms with Gasteiger partial charge in [0.25, 0.3) is 0 Å². The third kappa shape index (κ3) is 2.65. The molecule has 3 N–H and O–H groups in total. The Kier molecular flexibility index (Phi) is 4.02. The van der Waals surface area contributed by atoms with Crippen molar-refractivity contribution in [2.75, 3.05) is 5.73 Å². The lowest BCUT2D eigenvalue weighted by Crippen LogP contribution is -1.81. The van der Waals surface area contributed by atoms with E-state index in [-0.39, 0.29) is 12.4 Å². The molecule has 6 heteroatoms. The Labute approximate surface area is 107 Å². The van der Waals surface area contributed by atoms with E-state index in [9.17, 15) is 0 Å². The van der Waals surface area contributed by atoms with E-state index in [2.05, 4.69) is 26.1 Å². The first-order valence-electron chi connectivity index (χ1n) is 3.93. The maximum Gasteiger partial charge on any atom is 0.145 e. The largest absolute Gasteiger partial charge is 0.382 e. The molecule has 1 aromatic heterocycles. The van der Waals surface area contributed by atoms with Crippen molar-refractivity contribution in [3.8, 4) is 11.3 Å². The van der Waals surface area contributed by atoms with Gasteiger partial charge in [0, 0.05) is 21.1 Å².